The van der Waals surface area contributed by atoms with Crippen molar-refractivity contribution in [3.05, 3.63) is 52.1 Å². The van der Waals surface area contributed by atoms with E-state index in [9.17, 15) is 22.4 Å². The van der Waals surface area contributed by atoms with Gasteiger partial charge in [0.05, 0.1) is 23.0 Å². The van der Waals surface area contributed by atoms with E-state index >= 15 is 0 Å². The molecule has 0 aromatic heterocycles. The van der Waals surface area contributed by atoms with Gasteiger partial charge in [-0.15, -0.1) is 4.79 Å². The molecule has 0 unspecified atom stereocenters. The highest BCUT2D eigenvalue weighted by molar-refractivity contribution is 8.31. The number of aryl methyl sites for hydroxylation is 4. The SMILES string of the molecule is CCCCCCOc1c(C)cc(S(=O)(=O)C(=[N+]=[N-])S(=O)(=O)c2cc(C)c(OCCCCCC)c(C)c2)cc1C. The van der Waals surface area contributed by atoms with Gasteiger partial charge in [0, 0.05) is 0 Å². The Labute approximate surface area is 234 Å². The number of unbranched alkanes of at least 4 members (excludes halogenated alkanes) is 6. The van der Waals surface area contributed by atoms with E-state index in [1.165, 1.54) is 24.3 Å². The van der Waals surface area contributed by atoms with Crippen LogP contribution in [0.25, 0.3) is 5.53 Å². The first-order valence-corrected chi connectivity index (χ1v) is 16.6. The van der Waals surface area contributed by atoms with Crippen molar-refractivity contribution in [1.82, 2.24) is 0 Å². The second-order valence-electron chi connectivity index (χ2n) is 9.96. The molecule has 2 rings (SSSR count). The number of rotatable bonds is 14. The van der Waals surface area contributed by atoms with Crippen LogP contribution in [-0.2, 0) is 19.7 Å². The lowest BCUT2D eigenvalue weighted by Gasteiger charge is -2.14. The van der Waals surface area contributed by atoms with E-state index in [2.05, 4.69) is 18.6 Å². The van der Waals surface area contributed by atoms with E-state index in [0.717, 1.165) is 51.4 Å². The highest BCUT2D eigenvalue weighted by Crippen LogP contribution is 2.32. The minimum absolute atomic E-state index is 0.285. The summed E-state index contributed by atoms with van der Waals surface area (Å²) in [5, 5.41) is 0. The largest absolute Gasteiger partial charge is 0.504 e. The first kappa shape index (κ1) is 32.5. The molecule has 0 amide bonds. The van der Waals surface area contributed by atoms with Gasteiger partial charge in [-0.05, 0) is 87.1 Å². The number of hydrogen-bond donors (Lipinski definition) is 0. The van der Waals surface area contributed by atoms with Crippen LogP contribution in [0.4, 0.5) is 0 Å². The zero-order valence-corrected chi connectivity index (χ0v) is 25.7. The zero-order chi connectivity index (χ0) is 29.2. The molecule has 2 aromatic carbocycles. The summed E-state index contributed by atoms with van der Waals surface area (Å²) in [6.45, 7) is 12.1. The predicted molar refractivity (Wildman–Crippen MR) is 154 cm³/mol. The van der Waals surface area contributed by atoms with Crippen LogP contribution in [0.15, 0.2) is 34.1 Å². The first-order valence-electron chi connectivity index (χ1n) is 13.6. The molecule has 0 radical (unpaired) electrons. The monoisotopic (exact) mass is 578 g/mol. The van der Waals surface area contributed by atoms with Crippen molar-refractivity contribution >= 4 is 24.1 Å². The van der Waals surface area contributed by atoms with Gasteiger partial charge in [0.25, 0.3) is 19.7 Å². The van der Waals surface area contributed by atoms with Crippen LogP contribution >= 0.6 is 0 Å². The molecule has 0 saturated carbocycles. The molecule has 0 heterocycles. The maximum atomic E-state index is 13.5. The third-order valence-electron chi connectivity index (χ3n) is 6.52. The van der Waals surface area contributed by atoms with Crippen molar-refractivity contribution in [3.8, 4) is 11.5 Å². The summed E-state index contributed by atoms with van der Waals surface area (Å²) in [5.74, 6) is 1.12. The average molecular weight is 579 g/mol. The molecule has 39 heavy (non-hydrogen) atoms. The molecule has 0 atom stereocenters. The summed E-state index contributed by atoms with van der Waals surface area (Å²) in [4.78, 5) is 2.21. The third kappa shape index (κ3) is 8.16. The van der Waals surface area contributed by atoms with Gasteiger partial charge in [-0.1, -0.05) is 52.4 Å². The topological polar surface area (TPSA) is 123 Å². The Morgan fingerprint density at radius 1 is 0.641 bits per heavy atom. The zero-order valence-electron chi connectivity index (χ0n) is 24.0. The molecule has 0 bridgehead atoms. The molecule has 216 valence electrons. The van der Waals surface area contributed by atoms with E-state index in [1.807, 2.05) is 0 Å². The van der Waals surface area contributed by atoms with Gasteiger partial charge in [0.1, 0.15) is 11.5 Å². The number of ether oxygens (including phenoxy) is 2. The van der Waals surface area contributed by atoms with Gasteiger partial charge in [-0.25, -0.2) is 16.8 Å². The van der Waals surface area contributed by atoms with Gasteiger partial charge in [0.15, 0.2) is 0 Å². The Morgan fingerprint density at radius 3 is 1.26 bits per heavy atom. The standard InChI is InChI=1S/C29H42N2O6S2/c1-7-9-11-13-15-36-27-21(3)17-25(18-22(27)4)38(32,33)29(31-30)39(34,35)26-19-23(5)28(24(6)20-26)37-16-14-12-10-8-2/h17-20H,7-16H2,1-6H3. The maximum Gasteiger partial charge on any atom is 0.504 e. The molecule has 0 aliphatic heterocycles. The van der Waals surface area contributed by atoms with E-state index in [0.29, 0.717) is 47.0 Å². The lowest BCUT2D eigenvalue weighted by Crippen LogP contribution is -2.26. The van der Waals surface area contributed by atoms with Crippen LogP contribution in [0.2, 0.25) is 0 Å². The number of sulfone groups is 2. The van der Waals surface area contributed by atoms with Gasteiger partial charge in [-0.3, -0.25) is 0 Å². The number of hydrogen-bond acceptors (Lipinski definition) is 6. The second kappa shape index (κ2) is 14.6. The molecule has 0 aliphatic rings. The van der Waals surface area contributed by atoms with Crippen LogP contribution in [-0.4, -0.2) is 39.2 Å². The fourth-order valence-corrected chi connectivity index (χ4v) is 8.13. The molecule has 10 heteroatoms. The highest BCUT2D eigenvalue weighted by Gasteiger charge is 2.44. The molecular formula is C29H42N2O6S2. The molecule has 8 nitrogen and oxygen atoms in total. The maximum absolute atomic E-state index is 13.5. The summed E-state index contributed by atoms with van der Waals surface area (Å²) < 4.78 is 64.3. The normalized spacial score (nSPS) is 11.7. The van der Waals surface area contributed by atoms with E-state index in [-0.39, 0.29) is 9.79 Å². The van der Waals surface area contributed by atoms with Crippen LogP contribution < -0.4 is 9.47 Å². The summed E-state index contributed by atoms with van der Waals surface area (Å²) in [5.41, 5.74) is 11.8. The molecule has 0 spiro atoms. The highest BCUT2D eigenvalue weighted by atomic mass is 32.3. The van der Waals surface area contributed by atoms with Crippen LogP contribution in [0.5, 0.6) is 11.5 Å². The lowest BCUT2D eigenvalue weighted by atomic mass is 10.1. The van der Waals surface area contributed by atoms with Crippen molar-refractivity contribution in [2.75, 3.05) is 13.2 Å². The van der Waals surface area contributed by atoms with Crippen molar-refractivity contribution in [2.24, 2.45) is 0 Å². The molecule has 0 saturated heterocycles. The fraction of sp³-hybridized carbons (Fsp3) is 0.552. The van der Waals surface area contributed by atoms with E-state index in [4.69, 9.17) is 9.47 Å². The van der Waals surface area contributed by atoms with E-state index in [1.54, 1.807) is 27.7 Å². The number of nitrogens with zero attached hydrogens (tertiary/aromatic N) is 2. The molecule has 0 fully saturated rings. The molecule has 0 N–H and O–H groups in total. The summed E-state index contributed by atoms with van der Waals surface area (Å²) >= 11 is 0. The lowest BCUT2D eigenvalue weighted by molar-refractivity contribution is 0.00380. The Bertz CT molecular complexity index is 1260. The quantitative estimate of drug-likeness (QED) is 0.0811. The average Bonchev–Trinajstić information content (AvgIpc) is 2.86. The minimum Gasteiger partial charge on any atom is -0.493 e. The third-order valence-corrected chi connectivity index (χ3v) is 10.6. The first-order chi connectivity index (χ1) is 18.4. The summed E-state index contributed by atoms with van der Waals surface area (Å²) in [7, 11) is -9.37. The van der Waals surface area contributed by atoms with Crippen LogP contribution in [0, 0.1) is 27.7 Å². The molecule has 0 aliphatic carbocycles. The Morgan fingerprint density at radius 2 is 0.974 bits per heavy atom. The van der Waals surface area contributed by atoms with Crippen LogP contribution in [0.3, 0.4) is 0 Å². The van der Waals surface area contributed by atoms with Gasteiger partial charge >= 0.3 is 4.38 Å². The van der Waals surface area contributed by atoms with Crippen LogP contribution in [0.1, 0.15) is 87.5 Å². The summed E-state index contributed by atoms with van der Waals surface area (Å²) in [6, 6.07) is 5.37. The smallest absolute Gasteiger partial charge is 0.493 e. The van der Waals surface area contributed by atoms with Crippen molar-refractivity contribution < 1.29 is 31.1 Å². The van der Waals surface area contributed by atoms with Gasteiger partial charge < -0.3 is 15.0 Å². The van der Waals surface area contributed by atoms with Gasteiger partial charge in [-0.2, -0.15) is 0 Å². The minimum atomic E-state index is -4.68. The molecular weight excluding hydrogens is 536 g/mol. The predicted octanol–water partition coefficient (Wildman–Crippen LogP) is 6.67. The Hall–Kier alpha value is -2.68. The second-order valence-corrected chi connectivity index (χ2v) is 14.0. The molecule has 2 aromatic rings. The van der Waals surface area contributed by atoms with E-state index < -0.39 is 24.1 Å². The number of benzene rings is 2. The van der Waals surface area contributed by atoms with Crippen molar-refractivity contribution in [1.29, 1.82) is 0 Å². The van der Waals surface area contributed by atoms with Crippen molar-refractivity contribution in [3.63, 3.8) is 0 Å². The fourth-order valence-electron chi connectivity index (χ4n) is 4.45. The van der Waals surface area contributed by atoms with Crippen molar-refractivity contribution in [2.45, 2.75) is 103 Å². The Kier molecular flexibility index (Phi) is 12.2. The Balaban J connectivity index is 2.35. The van der Waals surface area contributed by atoms with Gasteiger partial charge in [0.2, 0.25) is 0 Å². The summed E-state index contributed by atoms with van der Waals surface area (Å²) in [6.07, 6.45) is 8.30.